The maximum atomic E-state index is 4.54. The summed E-state index contributed by atoms with van der Waals surface area (Å²) in [5, 5.41) is 0. The van der Waals surface area contributed by atoms with Gasteiger partial charge in [0.2, 0.25) is 0 Å². The van der Waals surface area contributed by atoms with E-state index in [2.05, 4.69) is 65.8 Å². The molecule has 0 aliphatic rings. The minimum atomic E-state index is 0.873. The highest BCUT2D eigenvalue weighted by molar-refractivity contribution is 5.53. The maximum absolute atomic E-state index is 4.54. The van der Waals surface area contributed by atoms with Crippen molar-refractivity contribution in [2.45, 2.75) is 20.3 Å². The number of aromatic nitrogens is 2. The summed E-state index contributed by atoms with van der Waals surface area (Å²) in [7, 11) is 0. The molecule has 2 aromatic heterocycles. The number of fused-ring (bicyclic) bond motifs is 1. The molecule has 0 amide bonds. The normalized spacial score (nSPS) is 11.0. The zero-order valence-corrected chi connectivity index (χ0v) is 10.7. The zero-order chi connectivity index (χ0) is 12.5. The molecule has 0 spiro atoms. The zero-order valence-electron chi connectivity index (χ0n) is 10.7. The number of benzene rings is 1. The highest BCUT2D eigenvalue weighted by Gasteiger charge is 2.05. The number of rotatable bonds is 2. The van der Waals surface area contributed by atoms with Gasteiger partial charge in [0, 0.05) is 12.6 Å². The summed E-state index contributed by atoms with van der Waals surface area (Å²) in [5.41, 5.74) is 5.05. The Hall–Kier alpha value is -2.09. The van der Waals surface area contributed by atoms with Gasteiger partial charge < -0.3 is 4.40 Å². The quantitative estimate of drug-likeness (QED) is 0.665. The fraction of sp³-hybridized carbons (Fsp3) is 0.188. The van der Waals surface area contributed by atoms with Crippen molar-refractivity contribution < 1.29 is 0 Å². The van der Waals surface area contributed by atoms with E-state index in [0.29, 0.717) is 0 Å². The Bertz CT molecular complexity index is 678. The molecule has 0 radical (unpaired) electrons. The second-order valence-corrected chi connectivity index (χ2v) is 4.78. The van der Waals surface area contributed by atoms with E-state index in [4.69, 9.17) is 0 Å². The van der Waals surface area contributed by atoms with Gasteiger partial charge in [0.05, 0.1) is 11.7 Å². The smallest absolute Gasteiger partial charge is 0.117 e. The van der Waals surface area contributed by atoms with E-state index < -0.39 is 0 Å². The summed E-state index contributed by atoms with van der Waals surface area (Å²) >= 11 is 0. The van der Waals surface area contributed by atoms with E-state index >= 15 is 0 Å². The van der Waals surface area contributed by atoms with Crippen LogP contribution >= 0.6 is 0 Å². The standard InChI is InChI=1S/C16H16N2/c1-12-5-7-14(8-6-12)10-16-17-11-15-13(2)4-3-9-18(15)16/h3-9,11H,10H2,1-2H3. The fourth-order valence-electron chi connectivity index (χ4n) is 2.24. The third-order valence-electron chi connectivity index (χ3n) is 3.34. The van der Waals surface area contributed by atoms with Crippen molar-refractivity contribution in [1.82, 2.24) is 9.38 Å². The summed E-state index contributed by atoms with van der Waals surface area (Å²) in [6, 6.07) is 12.8. The maximum Gasteiger partial charge on any atom is 0.117 e. The molecule has 0 bridgehead atoms. The van der Waals surface area contributed by atoms with Crippen LogP contribution < -0.4 is 0 Å². The minimum absolute atomic E-state index is 0.873. The molecule has 0 fully saturated rings. The summed E-state index contributed by atoms with van der Waals surface area (Å²) in [4.78, 5) is 4.54. The lowest BCUT2D eigenvalue weighted by Gasteiger charge is -2.03. The Morgan fingerprint density at radius 2 is 1.83 bits per heavy atom. The summed E-state index contributed by atoms with van der Waals surface area (Å²) in [6.07, 6.45) is 4.91. The Balaban J connectivity index is 2.00. The summed E-state index contributed by atoms with van der Waals surface area (Å²) in [5.74, 6) is 1.09. The molecule has 3 rings (SSSR count). The Morgan fingerprint density at radius 3 is 2.61 bits per heavy atom. The van der Waals surface area contributed by atoms with Crippen LogP contribution in [-0.4, -0.2) is 9.38 Å². The van der Waals surface area contributed by atoms with Crippen LogP contribution in [-0.2, 0) is 6.42 Å². The predicted octanol–water partition coefficient (Wildman–Crippen LogP) is 3.54. The van der Waals surface area contributed by atoms with Crippen molar-refractivity contribution in [1.29, 1.82) is 0 Å². The molecular formula is C16H16N2. The van der Waals surface area contributed by atoms with Gasteiger partial charge in [0.25, 0.3) is 0 Å². The number of pyridine rings is 1. The van der Waals surface area contributed by atoms with Crippen LogP contribution in [0.5, 0.6) is 0 Å². The predicted molar refractivity (Wildman–Crippen MR) is 73.9 cm³/mol. The lowest BCUT2D eigenvalue weighted by atomic mass is 10.1. The van der Waals surface area contributed by atoms with E-state index in [0.717, 1.165) is 12.2 Å². The molecular weight excluding hydrogens is 220 g/mol. The van der Waals surface area contributed by atoms with Crippen molar-refractivity contribution in [2.24, 2.45) is 0 Å². The molecule has 2 heteroatoms. The fourth-order valence-corrected chi connectivity index (χ4v) is 2.24. The summed E-state index contributed by atoms with van der Waals surface area (Å²) in [6.45, 7) is 4.23. The SMILES string of the molecule is Cc1ccc(Cc2ncc3c(C)cccn23)cc1. The lowest BCUT2D eigenvalue weighted by molar-refractivity contribution is 0.958. The second-order valence-electron chi connectivity index (χ2n) is 4.78. The second kappa shape index (κ2) is 4.30. The van der Waals surface area contributed by atoms with Gasteiger partial charge in [0.1, 0.15) is 5.82 Å². The molecule has 2 heterocycles. The first-order chi connectivity index (χ1) is 8.74. The molecule has 0 saturated heterocycles. The van der Waals surface area contributed by atoms with Crippen molar-refractivity contribution >= 4 is 5.52 Å². The lowest BCUT2D eigenvalue weighted by Crippen LogP contribution is -1.96. The number of aryl methyl sites for hydroxylation is 2. The molecule has 0 unspecified atom stereocenters. The number of hydrogen-bond acceptors (Lipinski definition) is 1. The molecule has 1 aromatic carbocycles. The molecule has 0 N–H and O–H groups in total. The topological polar surface area (TPSA) is 17.3 Å². The first-order valence-corrected chi connectivity index (χ1v) is 6.21. The molecule has 0 aliphatic heterocycles. The van der Waals surface area contributed by atoms with Crippen LogP contribution in [0.1, 0.15) is 22.5 Å². The van der Waals surface area contributed by atoms with Crippen LogP contribution in [0.2, 0.25) is 0 Å². The van der Waals surface area contributed by atoms with Gasteiger partial charge in [-0.25, -0.2) is 4.98 Å². The molecule has 2 nitrogen and oxygen atoms in total. The highest BCUT2D eigenvalue weighted by Crippen LogP contribution is 2.15. The Morgan fingerprint density at radius 1 is 1.06 bits per heavy atom. The van der Waals surface area contributed by atoms with Gasteiger partial charge in [-0.1, -0.05) is 35.9 Å². The molecule has 0 atom stereocenters. The van der Waals surface area contributed by atoms with E-state index in [1.54, 1.807) is 0 Å². The van der Waals surface area contributed by atoms with Crippen LogP contribution in [0.15, 0.2) is 48.8 Å². The molecule has 90 valence electrons. The van der Waals surface area contributed by atoms with E-state index in [-0.39, 0.29) is 0 Å². The average Bonchev–Trinajstić information content (AvgIpc) is 2.77. The minimum Gasteiger partial charge on any atom is -0.303 e. The van der Waals surface area contributed by atoms with E-state index in [1.807, 2.05) is 6.20 Å². The van der Waals surface area contributed by atoms with Crippen LogP contribution in [0.3, 0.4) is 0 Å². The van der Waals surface area contributed by atoms with Gasteiger partial charge >= 0.3 is 0 Å². The number of imidazole rings is 1. The largest absolute Gasteiger partial charge is 0.303 e. The molecule has 0 aliphatic carbocycles. The van der Waals surface area contributed by atoms with Crippen molar-refractivity contribution in [3.05, 3.63) is 71.3 Å². The van der Waals surface area contributed by atoms with Gasteiger partial charge in [0.15, 0.2) is 0 Å². The highest BCUT2D eigenvalue weighted by atomic mass is 15.0. The number of hydrogen-bond donors (Lipinski definition) is 0. The third kappa shape index (κ3) is 1.90. The Kier molecular flexibility index (Phi) is 2.63. The van der Waals surface area contributed by atoms with E-state index in [1.165, 1.54) is 22.2 Å². The van der Waals surface area contributed by atoms with Crippen LogP contribution in [0.4, 0.5) is 0 Å². The van der Waals surface area contributed by atoms with E-state index in [9.17, 15) is 0 Å². The monoisotopic (exact) mass is 236 g/mol. The van der Waals surface area contributed by atoms with Crippen molar-refractivity contribution in [2.75, 3.05) is 0 Å². The third-order valence-corrected chi connectivity index (χ3v) is 3.34. The van der Waals surface area contributed by atoms with Crippen molar-refractivity contribution in [3.8, 4) is 0 Å². The first kappa shape index (κ1) is 11.0. The van der Waals surface area contributed by atoms with Gasteiger partial charge in [-0.15, -0.1) is 0 Å². The van der Waals surface area contributed by atoms with Gasteiger partial charge in [-0.3, -0.25) is 0 Å². The average molecular weight is 236 g/mol. The molecule has 0 saturated carbocycles. The van der Waals surface area contributed by atoms with Gasteiger partial charge in [-0.05, 0) is 31.0 Å². The summed E-state index contributed by atoms with van der Waals surface area (Å²) < 4.78 is 2.18. The molecule has 18 heavy (non-hydrogen) atoms. The number of nitrogens with zero attached hydrogens (tertiary/aromatic N) is 2. The first-order valence-electron chi connectivity index (χ1n) is 6.21. The molecule has 3 aromatic rings. The van der Waals surface area contributed by atoms with Crippen LogP contribution in [0.25, 0.3) is 5.52 Å². The van der Waals surface area contributed by atoms with Gasteiger partial charge in [-0.2, -0.15) is 0 Å². The Labute approximate surface area is 107 Å². The van der Waals surface area contributed by atoms with Crippen molar-refractivity contribution in [3.63, 3.8) is 0 Å². The van der Waals surface area contributed by atoms with Crippen LogP contribution in [0, 0.1) is 13.8 Å².